The summed E-state index contributed by atoms with van der Waals surface area (Å²) in [5.74, 6) is 0. The Labute approximate surface area is 109 Å². The second kappa shape index (κ2) is 6.47. The first-order valence-corrected chi connectivity index (χ1v) is 6.02. The van der Waals surface area contributed by atoms with E-state index >= 15 is 0 Å². The van der Waals surface area contributed by atoms with E-state index < -0.39 is 18.6 Å². The van der Waals surface area contributed by atoms with Crippen molar-refractivity contribution in [3.05, 3.63) is 35.9 Å². The van der Waals surface area contributed by atoms with E-state index in [0.29, 0.717) is 0 Å². The van der Waals surface area contributed by atoms with Gasteiger partial charge in [0.25, 0.3) is 6.43 Å². The number of rotatable bonds is 3. The summed E-state index contributed by atoms with van der Waals surface area (Å²) < 4.78 is 35.0. The molecule has 1 aromatic rings. The monoisotopic (exact) mass is 271 g/mol. The Balaban J connectivity index is 1.83. The number of carbonyl (C=O) groups excluding carboxylic acids is 1. The number of hydrogen-bond acceptors (Lipinski definition) is 3. The second-order valence-electron chi connectivity index (χ2n) is 4.23. The van der Waals surface area contributed by atoms with Crippen LogP contribution in [0, 0.1) is 0 Å². The van der Waals surface area contributed by atoms with E-state index in [1.165, 1.54) is 4.90 Å². The molecule has 1 heterocycles. The molecule has 1 unspecified atom stereocenters. The van der Waals surface area contributed by atoms with E-state index in [1.54, 1.807) is 0 Å². The number of benzene rings is 1. The van der Waals surface area contributed by atoms with Crippen LogP contribution in [0.5, 0.6) is 0 Å². The Bertz CT molecular complexity index is 414. The third-order valence-corrected chi connectivity index (χ3v) is 2.84. The van der Waals surface area contributed by atoms with Crippen molar-refractivity contribution >= 4 is 6.09 Å². The predicted molar refractivity (Wildman–Crippen MR) is 63.9 cm³/mol. The minimum atomic E-state index is -2.59. The molecular weight excluding hydrogens is 256 g/mol. The van der Waals surface area contributed by atoms with Gasteiger partial charge in [0, 0.05) is 6.54 Å². The molecule has 19 heavy (non-hydrogen) atoms. The lowest BCUT2D eigenvalue weighted by atomic mass is 10.2. The summed E-state index contributed by atoms with van der Waals surface area (Å²) in [6.07, 6.45) is -4.40. The average molecular weight is 271 g/mol. The maximum Gasteiger partial charge on any atom is 0.410 e. The van der Waals surface area contributed by atoms with Gasteiger partial charge in [-0.15, -0.1) is 0 Å². The molecule has 6 heteroatoms. The summed E-state index contributed by atoms with van der Waals surface area (Å²) in [5.41, 5.74) is 0.856. The van der Waals surface area contributed by atoms with Crippen molar-refractivity contribution < 1.29 is 23.0 Å². The first kappa shape index (κ1) is 13.7. The van der Waals surface area contributed by atoms with Crippen LogP contribution in [0.1, 0.15) is 5.56 Å². The zero-order valence-corrected chi connectivity index (χ0v) is 10.3. The van der Waals surface area contributed by atoms with E-state index in [4.69, 9.17) is 9.47 Å². The average Bonchev–Trinajstić information content (AvgIpc) is 2.46. The van der Waals surface area contributed by atoms with Gasteiger partial charge in [-0.05, 0) is 5.56 Å². The minimum Gasteiger partial charge on any atom is -0.445 e. The number of morpholine rings is 1. The van der Waals surface area contributed by atoms with Crippen LogP contribution in [0.2, 0.25) is 0 Å². The van der Waals surface area contributed by atoms with E-state index in [0.717, 1.165) is 5.56 Å². The largest absolute Gasteiger partial charge is 0.445 e. The molecule has 0 aliphatic carbocycles. The molecule has 4 nitrogen and oxygen atoms in total. The van der Waals surface area contributed by atoms with Gasteiger partial charge < -0.3 is 14.4 Å². The quantitative estimate of drug-likeness (QED) is 0.846. The van der Waals surface area contributed by atoms with Crippen molar-refractivity contribution in [1.29, 1.82) is 0 Å². The zero-order chi connectivity index (χ0) is 13.7. The molecule has 1 saturated heterocycles. The predicted octanol–water partition coefficient (Wildman–Crippen LogP) is 2.29. The molecule has 1 aliphatic heterocycles. The molecule has 0 radical (unpaired) electrons. The summed E-state index contributed by atoms with van der Waals surface area (Å²) in [6, 6.07) is 9.19. The number of halogens is 2. The van der Waals surface area contributed by atoms with Gasteiger partial charge >= 0.3 is 6.09 Å². The lowest BCUT2D eigenvalue weighted by Gasteiger charge is -2.31. The van der Waals surface area contributed by atoms with E-state index in [-0.39, 0.29) is 26.3 Å². The third kappa shape index (κ3) is 3.89. The molecule has 1 aliphatic rings. The van der Waals surface area contributed by atoms with Gasteiger partial charge in [-0.2, -0.15) is 0 Å². The Hall–Kier alpha value is -1.69. The minimum absolute atomic E-state index is 0.107. The molecular formula is C13H15F2NO3. The summed E-state index contributed by atoms with van der Waals surface area (Å²) >= 11 is 0. The lowest BCUT2D eigenvalue weighted by Crippen LogP contribution is -2.48. The molecule has 1 atom stereocenters. The number of alkyl halides is 2. The Morgan fingerprint density at radius 1 is 1.42 bits per heavy atom. The maximum atomic E-state index is 12.5. The Morgan fingerprint density at radius 3 is 2.84 bits per heavy atom. The Kier molecular flexibility index (Phi) is 4.68. The van der Waals surface area contributed by atoms with Crippen molar-refractivity contribution in [2.75, 3.05) is 19.7 Å². The first-order valence-electron chi connectivity index (χ1n) is 6.02. The van der Waals surface area contributed by atoms with E-state index in [9.17, 15) is 13.6 Å². The van der Waals surface area contributed by atoms with Gasteiger partial charge in [0.2, 0.25) is 0 Å². The highest BCUT2D eigenvalue weighted by Crippen LogP contribution is 2.14. The van der Waals surface area contributed by atoms with Crippen LogP contribution in [0.25, 0.3) is 0 Å². The molecule has 0 N–H and O–H groups in total. The molecule has 1 aromatic carbocycles. The number of amides is 1. The molecule has 0 aromatic heterocycles. The first-order chi connectivity index (χ1) is 9.16. The summed E-state index contributed by atoms with van der Waals surface area (Å²) in [6.45, 7) is 0.383. The topological polar surface area (TPSA) is 38.8 Å². The highest BCUT2D eigenvalue weighted by Gasteiger charge is 2.30. The van der Waals surface area contributed by atoms with Gasteiger partial charge in [-0.25, -0.2) is 13.6 Å². The van der Waals surface area contributed by atoms with Gasteiger partial charge in [-0.1, -0.05) is 30.3 Å². The summed E-state index contributed by atoms with van der Waals surface area (Å²) in [5, 5.41) is 0. The number of hydrogen-bond donors (Lipinski definition) is 0. The van der Waals surface area contributed by atoms with E-state index in [1.807, 2.05) is 30.3 Å². The lowest BCUT2D eigenvalue weighted by molar-refractivity contribution is -0.0979. The maximum absolute atomic E-state index is 12.5. The van der Waals surface area contributed by atoms with Crippen LogP contribution in [-0.4, -0.2) is 43.2 Å². The van der Waals surface area contributed by atoms with Crippen LogP contribution < -0.4 is 0 Å². The van der Waals surface area contributed by atoms with Crippen LogP contribution in [0.4, 0.5) is 13.6 Å². The number of carbonyl (C=O) groups is 1. The van der Waals surface area contributed by atoms with Crippen molar-refractivity contribution in [1.82, 2.24) is 4.90 Å². The van der Waals surface area contributed by atoms with Crippen molar-refractivity contribution in [2.45, 2.75) is 19.1 Å². The smallest absolute Gasteiger partial charge is 0.410 e. The molecule has 1 amide bonds. The van der Waals surface area contributed by atoms with Crippen LogP contribution >= 0.6 is 0 Å². The van der Waals surface area contributed by atoms with Gasteiger partial charge in [0.15, 0.2) is 0 Å². The van der Waals surface area contributed by atoms with Crippen molar-refractivity contribution in [2.24, 2.45) is 0 Å². The molecule has 1 fully saturated rings. The fourth-order valence-corrected chi connectivity index (χ4v) is 1.80. The standard InChI is InChI=1S/C13H15F2NO3/c14-12(15)11-8-16(6-7-18-11)13(17)19-9-10-4-2-1-3-5-10/h1-5,11-12H,6-9H2. The molecule has 0 saturated carbocycles. The highest BCUT2D eigenvalue weighted by molar-refractivity contribution is 5.67. The van der Waals surface area contributed by atoms with Crippen LogP contribution in [0.3, 0.4) is 0 Å². The SMILES string of the molecule is O=C(OCc1ccccc1)N1CCOC(C(F)F)C1. The number of nitrogens with zero attached hydrogens (tertiary/aromatic N) is 1. The number of ether oxygens (including phenoxy) is 2. The Morgan fingerprint density at radius 2 is 2.16 bits per heavy atom. The second-order valence-corrected chi connectivity index (χ2v) is 4.23. The fourth-order valence-electron chi connectivity index (χ4n) is 1.80. The van der Waals surface area contributed by atoms with Crippen molar-refractivity contribution in [3.8, 4) is 0 Å². The normalized spacial score (nSPS) is 19.5. The third-order valence-electron chi connectivity index (χ3n) is 2.84. The molecule has 104 valence electrons. The highest BCUT2D eigenvalue weighted by atomic mass is 19.3. The van der Waals surface area contributed by atoms with Gasteiger partial charge in [0.1, 0.15) is 12.7 Å². The van der Waals surface area contributed by atoms with Gasteiger partial charge in [0.05, 0.1) is 13.2 Å². The molecule has 2 rings (SSSR count). The molecule has 0 bridgehead atoms. The van der Waals surface area contributed by atoms with Gasteiger partial charge in [-0.3, -0.25) is 0 Å². The zero-order valence-electron chi connectivity index (χ0n) is 10.3. The fraction of sp³-hybridized carbons (Fsp3) is 0.462. The van der Waals surface area contributed by atoms with Crippen LogP contribution in [0.15, 0.2) is 30.3 Å². The van der Waals surface area contributed by atoms with E-state index in [2.05, 4.69) is 0 Å². The van der Waals surface area contributed by atoms with Crippen LogP contribution in [-0.2, 0) is 16.1 Å². The summed E-state index contributed by atoms with van der Waals surface area (Å²) in [4.78, 5) is 13.0. The summed E-state index contributed by atoms with van der Waals surface area (Å²) in [7, 11) is 0. The molecule has 0 spiro atoms. The van der Waals surface area contributed by atoms with Crippen molar-refractivity contribution in [3.63, 3.8) is 0 Å².